The van der Waals surface area contributed by atoms with Gasteiger partial charge in [-0.15, -0.1) is 0 Å². The fourth-order valence-electron chi connectivity index (χ4n) is 2.23. The first-order valence-electron chi connectivity index (χ1n) is 5.50. The Labute approximate surface area is 85.4 Å². The van der Waals surface area contributed by atoms with E-state index in [0.717, 1.165) is 39.0 Å². The number of hydrogen-bond donors (Lipinski definition) is 1. The van der Waals surface area contributed by atoms with Gasteiger partial charge in [0, 0.05) is 25.4 Å². The molecule has 0 radical (unpaired) electrons. The zero-order valence-electron chi connectivity index (χ0n) is 8.61. The highest BCUT2D eigenvalue weighted by molar-refractivity contribution is 5.00. The van der Waals surface area contributed by atoms with Gasteiger partial charge in [-0.25, -0.2) is 0 Å². The molecule has 2 aliphatic rings. The van der Waals surface area contributed by atoms with Crippen LogP contribution < -0.4 is 0 Å². The van der Waals surface area contributed by atoms with Crippen molar-refractivity contribution in [2.24, 2.45) is 0 Å². The molecule has 0 saturated carbocycles. The van der Waals surface area contributed by atoms with Crippen LogP contribution in [0, 0.1) is 0 Å². The summed E-state index contributed by atoms with van der Waals surface area (Å²) in [5.74, 6) is 0. The van der Waals surface area contributed by atoms with Crippen LogP contribution in [0.2, 0.25) is 0 Å². The monoisotopic (exact) mass is 197 g/mol. The van der Waals surface area contributed by atoms with Crippen LogP contribution in [0.5, 0.6) is 0 Å². The molecular weight excluding hydrogens is 178 g/mol. The average Bonchev–Trinajstić information content (AvgIpc) is 2.56. The van der Waals surface area contributed by atoms with Crippen molar-refractivity contribution in [3.63, 3.8) is 0 Å². The van der Waals surface area contributed by atoms with E-state index in [1.165, 1.54) is 12.1 Å². The number of aliphatic hydroxyl groups excluding tert-OH is 1. The van der Waals surface area contributed by atoms with Gasteiger partial charge in [0.2, 0.25) is 0 Å². The van der Waals surface area contributed by atoms with E-state index >= 15 is 0 Å². The van der Waals surface area contributed by atoms with Gasteiger partial charge in [0.25, 0.3) is 0 Å². The highest BCUT2D eigenvalue weighted by atomic mass is 16.5. The lowest BCUT2D eigenvalue weighted by atomic mass is 10.1. The molecule has 2 rings (SSSR count). The van der Waals surface area contributed by atoms with Crippen molar-refractivity contribution in [3.8, 4) is 0 Å². The summed E-state index contributed by atoms with van der Waals surface area (Å²) in [4.78, 5) is 2.25. The Bertz CT molecular complexity index is 217. The highest BCUT2D eigenvalue weighted by Crippen LogP contribution is 2.22. The number of hydrogen-bond acceptors (Lipinski definition) is 3. The zero-order valence-corrected chi connectivity index (χ0v) is 8.61. The normalized spacial score (nSPS) is 33.8. The third-order valence-corrected chi connectivity index (χ3v) is 3.15. The molecule has 0 spiro atoms. The van der Waals surface area contributed by atoms with E-state index in [-0.39, 0.29) is 12.2 Å². The van der Waals surface area contributed by atoms with E-state index in [4.69, 9.17) is 4.74 Å². The first-order chi connectivity index (χ1) is 6.77. The Morgan fingerprint density at radius 3 is 3.00 bits per heavy atom. The largest absolute Gasteiger partial charge is 0.390 e. The number of allylic oxidation sites excluding steroid dienone is 1. The second-order valence-corrected chi connectivity index (χ2v) is 4.23. The molecule has 0 aromatic heterocycles. The standard InChI is InChI=1S/C11H19NO2/c1-9-4-2-6-12(9)8-11-10(13)5-3-7-14-11/h10-11,13H,1-8H2. The maximum atomic E-state index is 9.73. The van der Waals surface area contributed by atoms with Crippen molar-refractivity contribution in [2.45, 2.75) is 37.9 Å². The van der Waals surface area contributed by atoms with E-state index in [9.17, 15) is 5.11 Å². The van der Waals surface area contributed by atoms with Crippen molar-refractivity contribution in [1.29, 1.82) is 0 Å². The lowest BCUT2D eigenvalue weighted by Crippen LogP contribution is -2.42. The Morgan fingerprint density at radius 2 is 2.36 bits per heavy atom. The van der Waals surface area contributed by atoms with E-state index in [2.05, 4.69) is 11.5 Å². The van der Waals surface area contributed by atoms with Crippen LogP contribution in [0.4, 0.5) is 0 Å². The number of rotatable bonds is 2. The maximum Gasteiger partial charge on any atom is 0.101 e. The van der Waals surface area contributed by atoms with Crippen LogP contribution in [0.1, 0.15) is 25.7 Å². The highest BCUT2D eigenvalue weighted by Gasteiger charge is 2.27. The summed E-state index contributed by atoms with van der Waals surface area (Å²) in [6.07, 6.45) is 3.88. The van der Waals surface area contributed by atoms with Gasteiger partial charge in [0.05, 0.1) is 6.10 Å². The van der Waals surface area contributed by atoms with Crippen molar-refractivity contribution in [3.05, 3.63) is 12.3 Å². The van der Waals surface area contributed by atoms with Gasteiger partial charge in [-0.2, -0.15) is 0 Å². The molecule has 2 aliphatic heterocycles. The molecular formula is C11H19NO2. The van der Waals surface area contributed by atoms with Gasteiger partial charge in [0.1, 0.15) is 6.10 Å². The number of ether oxygens (including phenoxy) is 1. The molecule has 3 nitrogen and oxygen atoms in total. The predicted molar refractivity (Wildman–Crippen MR) is 54.9 cm³/mol. The first-order valence-corrected chi connectivity index (χ1v) is 5.50. The minimum atomic E-state index is -0.280. The van der Waals surface area contributed by atoms with Crippen molar-refractivity contribution in [1.82, 2.24) is 4.90 Å². The van der Waals surface area contributed by atoms with Crippen LogP contribution in [-0.4, -0.2) is 41.9 Å². The second kappa shape index (κ2) is 4.32. The van der Waals surface area contributed by atoms with E-state index < -0.39 is 0 Å². The summed E-state index contributed by atoms with van der Waals surface area (Å²) in [5.41, 5.74) is 1.20. The van der Waals surface area contributed by atoms with E-state index in [1.54, 1.807) is 0 Å². The third kappa shape index (κ3) is 2.10. The number of nitrogens with zero attached hydrogens (tertiary/aromatic N) is 1. The Hall–Kier alpha value is -0.540. The Kier molecular flexibility index (Phi) is 3.08. The molecule has 0 aliphatic carbocycles. The molecule has 2 saturated heterocycles. The predicted octanol–water partition coefficient (Wildman–Crippen LogP) is 1.14. The SMILES string of the molecule is C=C1CCCN1CC1OCCCC1O. The molecule has 0 aromatic carbocycles. The van der Waals surface area contributed by atoms with E-state index in [1.807, 2.05) is 0 Å². The summed E-state index contributed by atoms with van der Waals surface area (Å²) in [6, 6.07) is 0. The lowest BCUT2D eigenvalue weighted by molar-refractivity contribution is -0.0814. The second-order valence-electron chi connectivity index (χ2n) is 4.23. The van der Waals surface area contributed by atoms with Gasteiger partial charge in [0.15, 0.2) is 0 Å². The lowest BCUT2D eigenvalue weighted by Gasteiger charge is -2.32. The van der Waals surface area contributed by atoms with Crippen LogP contribution in [-0.2, 0) is 4.74 Å². The maximum absolute atomic E-state index is 9.73. The smallest absolute Gasteiger partial charge is 0.101 e. The molecule has 2 unspecified atom stereocenters. The molecule has 1 N–H and O–H groups in total. The van der Waals surface area contributed by atoms with Gasteiger partial charge in [-0.1, -0.05) is 6.58 Å². The average molecular weight is 197 g/mol. The summed E-state index contributed by atoms with van der Waals surface area (Å²) >= 11 is 0. The van der Waals surface area contributed by atoms with Gasteiger partial charge in [-0.3, -0.25) is 0 Å². The van der Waals surface area contributed by atoms with Crippen LogP contribution in [0.3, 0.4) is 0 Å². The fourth-order valence-corrected chi connectivity index (χ4v) is 2.23. The fraction of sp³-hybridized carbons (Fsp3) is 0.818. The summed E-state index contributed by atoms with van der Waals surface area (Å²) in [7, 11) is 0. The quantitative estimate of drug-likeness (QED) is 0.720. The van der Waals surface area contributed by atoms with E-state index in [0.29, 0.717) is 0 Å². The molecule has 0 amide bonds. The van der Waals surface area contributed by atoms with Crippen LogP contribution in [0.15, 0.2) is 12.3 Å². The van der Waals surface area contributed by atoms with Crippen molar-refractivity contribution >= 4 is 0 Å². The molecule has 14 heavy (non-hydrogen) atoms. The molecule has 2 heterocycles. The van der Waals surface area contributed by atoms with Crippen LogP contribution in [0.25, 0.3) is 0 Å². The number of likely N-dealkylation sites (tertiary alicyclic amines) is 1. The van der Waals surface area contributed by atoms with Gasteiger partial charge < -0.3 is 14.7 Å². The Morgan fingerprint density at radius 1 is 1.50 bits per heavy atom. The van der Waals surface area contributed by atoms with Gasteiger partial charge >= 0.3 is 0 Å². The minimum absolute atomic E-state index is 0.00130. The third-order valence-electron chi connectivity index (χ3n) is 3.15. The Balaban J connectivity index is 1.86. The summed E-state index contributed by atoms with van der Waals surface area (Å²) in [6.45, 7) is 6.70. The van der Waals surface area contributed by atoms with Crippen molar-refractivity contribution in [2.75, 3.05) is 19.7 Å². The van der Waals surface area contributed by atoms with Crippen LogP contribution >= 0.6 is 0 Å². The van der Waals surface area contributed by atoms with Crippen molar-refractivity contribution < 1.29 is 9.84 Å². The number of aliphatic hydroxyl groups is 1. The molecule has 0 aromatic rings. The summed E-state index contributed by atoms with van der Waals surface area (Å²) in [5, 5.41) is 9.73. The minimum Gasteiger partial charge on any atom is -0.390 e. The molecule has 3 heteroatoms. The topological polar surface area (TPSA) is 32.7 Å². The molecule has 2 fully saturated rings. The molecule has 0 bridgehead atoms. The molecule has 2 atom stereocenters. The first kappa shape index (κ1) is 9.99. The molecule has 80 valence electrons. The summed E-state index contributed by atoms with van der Waals surface area (Å²) < 4.78 is 5.57. The zero-order chi connectivity index (χ0) is 9.97. The van der Waals surface area contributed by atoms with Gasteiger partial charge in [-0.05, 0) is 25.7 Å².